The molecule has 2 N–H and O–H groups in total. The van der Waals surface area contributed by atoms with Crippen LogP contribution in [0.2, 0.25) is 0 Å². The maximum Gasteiger partial charge on any atom is 0.165 e. The summed E-state index contributed by atoms with van der Waals surface area (Å²) in [4.78, 5) is 12.5. The van der Waals surface area contributed by atoms with Crippen LogP contribution in [0.1, 0.15) is 49.9 Å². The van der Waals surface area contributed by atoms with Crippen molar-refractivity contribution in [3.05, 3.63) is 35.9 Å². The second kappa shape index (κ2) is 7.97. The zero-order valence-corrected chi connectivity index (χ0v) is 13.7. The molecule has 0 bridgehead atoms. The number of aromatic hydroxyl groups is 2. The fourth-order valence-electron chi connectivity index (χ4n) is 2.62. The molecule has 4 nitrogen and oxygen atoms in total. The Morgan fingerprint density at radius 1 is 1.04 bits per heavy atom. The lowest BCUT2D eigenvalue weighted by Crippen LogP contribution is -2.18. The van der Waals surface area contributed by atoms with Crippen LogP contribution < -0.4 is 0 Å². The monoisotopic (exact) mass is 316 g/mol. The summed E-state index contributed by atoms with van der Waals surface area (Å²) in [5.41, 5.74) is 0.601. The maximum atomic E-state index is 12.5. The molecule has 1 unspecified atom stereocenters. The van der Waals surface area contributed by atoms with Gasteiger partial charge in [-0.1, -0.05) is 32.4 Å². The fraction of sp³-hybridized carbons (Fsp3) is 0.421. The van der Waals surface area contributed by atoms with Crippen molar-refractivity contribution in [2.75, 3.05) is 6.61 Å². The Morgan fingerprint density at radius 2 is 1.74 bits per heavy atom. The highest BCUT2D eigenvalue weighted by molar-refractivity contribution is 6.00. The highest BCUT2D eigenvalue weighted by Gasteiger charge is 2.16. The number of carbonyl (C=O) groups is 1. The van der Waals surface area contributed by atoms with Crippen molar-refractivity contribution in [2.24, 2.45) is 0 Å². The van der Waals surface area contributed by atoms with Crippen molar-refractivity contribution in [1.82, 2.24) is 0 Å². The van der Waals surface area contributed by atoms with Crippen LogP contribution in [0.25, 0.3) is 10.8 Å². The minimum Gasteiger partial charge on any atom is -0.504 e. The molecular formula is C19H24O4. The van der Waals surface area contributed by atoms with E-state index < -0.39 is 0 Å². The molecule has 0 radical (unpaired) electrons. The second-order valence-corrected chi connectivity index (χ2v) is 5.81. The molecule has 0 saturated heterocycles. The summed E-state index contributed by atoms with van der Waals surface area (Å²) in [5.74, 6) is -0.307. The van der Waals surface area contributed by atoms with E-state index in [0.717, 1.165) is 30.0 Å². The minimum atomic E-state index is -0.183. The molecule has 0 heterocycles. The van der Waals surface area contributed by atoms with Crippen molar-refractivity contribution in [1.29, 1.82) is 0 Å². The zero-order valence-electron chi connectivity index (χ0n) is 13.7. The number of ketones is 1. The highest BCUT2D eigenvalue weighted by atomic mass is 16.5. The average molecular weight is 316 g/mol. The van der Waals surface area contributed by atoms with Crippen LogP contribution in [0.15, 0.2) is 30.3 Å². The molecule has 0 saturated carbocycles. The number of carbonyl (C=O) groups excluding carboxylic acids is 1. The molecule has 0 fully saturated rings. The van der Waals surface area contributed by atoms with E-state index in [-0.39, 0.29) is 23.4 Å². The Morgan fingerprint density at radius 3 is 2.39 bits per heavy atom. The predicted molar refractivity (Wildman–Crippen MR) is 91.2 cm³/mol. The lowest BCUT2D eigenvalue weighted by Gasteiger charge is -2.16. The van der Waals surface area contributed by atoms with E-state index in [1.807, 2.05) is 0 Å². The number of fused-ring (bicyclic) bond motifs is 1. The van der Waals surface area contributed by atoms with Gasteiger partial charge in [-0.25, -0.2) is 0 Å². The summed E-state index contributed by atoms with van der Waals surface area (Å²) in [7, 11) is 0. The van der Waals surface area contributed by atoms with Gasteiger partial charge in [-0.3, -0.25) is 4.79 Å². The van der Waals surface area contributed by atoms with Gasteiger partial charge in [-0.05, 0) is 41.8 Å². The molecule has 1 atom stereocenters. The number of phenolic OH excluding ortho intramolecular Hbond substituents is 2. The minimum absolute atomic E-state index is 0.0361. The molecule has 0 amide bonds. The lowest BCUT2D eigenvalue weighted by molar-refractivity contribution is 0.0394. The summed E-state index contributed by atoms with van der Waals surface area (Å²) in [5, 5.41) is 20.6. The normalized spacial score (nSPS) is 12.4. The van der Waals surface area contributed by atoms with Crippen molar-refractivity contribution >= 4 is 16.6 Å². The van der Waals surface area contributed by atoms with E-state index in [4.69, 9.17) is 4.74 Å². The van der Waals surface area contributed by atoms with Gasteiger partial charge in [0.15, 0.2) is 17.3 Å². The van der Waals surface area contributed by atoms with Crippen LogP contribution >= 0.6 is 0 Å². The predicted octanol–water partition coefficient (Wildman–Crippen LogP) is 4.42. The van der Waals surface area contributed by atoms with Gasteiger partial charge in [0.05, 0.1) is 6.10 Å². The third kappa shape index (κ3) is 4.45. The van der Waals surface area contributed by atoms with Crippen molar-refractivity contribution in [2.45, 2.75) is 45.6 Å². The number of rotatable bonds is 8. The molecule has 0 aliphatic heterocycles. The first-order valence-electron chi connectivity index (χ1n) is 8.15. The molecule has 0 spiro atoms. The Labute approximate surface area is 136 Å². The molecule has 0 aliphatic carbocycles. The van der Waals surface area contributed by atoms with Gasteiger partial charge >= 0.3 is 0 Å². The third-order valence-corrected chi connectivity index (χ3v) is 3.84. The van der Waals surface area contributed by atoms with E-state index in [0.29, 0.717) is 18.6 Å². The van der Waals surface area contributed by atoms with Crippen LogP contribution in [-0.4, -0.2) is 28.7 Å². The molecule has 2 aromatic rings. The standard InChI is InChI=1S/C19H24O4/c1-3-5-16(23-8-4-2)12-17(20)14-7-6-13-10-18(21)19(22)11-15(13)9-14/h6-7,9-11,16,21-22H,3-5,8,12H2,1-2H3. The van der Waals surface area contributed by atoms with E-state index >= 15 is 0 Å². The quantitative estimate of drug-likeness (QED) is 0.559. The number of hydrogen-bond acceptors (Lipinski definition) is 4. The summed E-state index contributed by atoms with van der Waals surface area (Å²) in [6, 6.07) is 8.24. The van der Waals surface area contributed by atoms with Crippen molar-refractivity contribution < 1.29 is 19.7 Å². The molecular weight excluding hydrogens is 292 g/mol. The summed E-state index contributed by atoms with van der Waals surface area (Å²) < 4.78 is 5.75. The topological polar surface area (TPSA) is 66.8 Å². The molecule has 0 aromatic heterocycles. The fourth-order valence-corrected chi connectivity index (χ4v) is 2.62. The van der Waals surface area contributed by atoms with E-state index in [1.165, 1.54) is 12.1 Å². The number of Topliss-reactive ketones (excluding diaryl/α,β-unsaturated/α-hetero) is 1. The first-order chi connectivity index (χ1) is 11.0. The van der Waals surface area contributed by atoms with Gasteiger partial charge in [-0.15, -0.1) is 0 Å². The van der Waals surface area contributed by atoms with Gasteiger partial charge < -0.3 is 14.9 Å². The Hall–Kier alpha value is -2.07. The van der Waals surface area contributed by atoms with Crippen molar-refractivity contribution in [3.8, 4) is 11.5 Å². The van der Waals surface area contributed by atoms with Gasteiger partial charge in [0, 0.05) is 18.6 Å². The number of ether oxygens (including phenoxy) is 1. The first kappa shape index (κ1) is 17.3. The summed E-state index contributed by atoms with van der Waals surface area (Å²) >= 11 is 0. The van der Waals surface area contributed by atoms with Crippen LogP contribution in [-0.2, 0) is 4.74 Å². The largest absolute Gasteiger partial charge is 0.504 e. The van der Waals surface area contributed by atoms with Gasteiger partial charge in [0.2, 0.25) is 0 Å². The third-order valence-electron chi connectivity index (χ3n) is 3.84. The first-order valence-corrected chi connectivity index (χ1v) is 8.15. The van der Waals surface area contributed by atoms with Gasteiger partial charge in [-0.2, -0.15) is 0 Å². The molecule has 2 rings (SSSR count). The molecule has 4 heteroatoms. The van der Waals surface area contributed by atoms with Crippen LogP contribution in [0.5, 0.6) is 11.5 Å². The van der Waals surface area contributed by atoms with Gasteiger partial charge in [0.25, 0.3) is 0 Å². The summed E-state index contributed by atoms with van der Waals surface area (Å²) in [6.45, 7) is 4.80. The Balaban J connectivity index is 2.17. The maximum absolute atomic E-state index is 12.5. The zero-order chi connectivity index (χ0) is 16.8. The number of phenols is 2. The van der Waals surface area contributed by atoms with Crippen LogP contribution in [0.3, 0.4) is 0 Å². The molecule has 2 aromatic carbocycles. The highest BCUT2D eigenvalue weighted by Crippen LogP contribution is 2.30. The second-order valence-electron chi connectivity index (χ2n) is 5.81. The Bertz CT molecular complexity index is 678. The molecule has 23 heavy (non-hydrogen) atoms. The molecule has 124 valence electrons. The van der Waals surface area contributed by atoms with Crippen LogP contribution in [0.4, 0.5) is 0 Å². The number of hydrogen-bond donors (Lipinski definition) is 2. The van der Waals surface area contributed by atoms with E-state index in [2.05, 4.69) is 13.8 Å². The molecule has 0 aliphatic rings. The lowest BCUT2D eigenvalue weighted by atomic mass is 9.99. The summed E-state index contributed by atoms with van der Waals surface area (Å²) in [6.07, 6.45) is 3.10. The smallest absolute Gasteiger partial charge is 0.165 e. The average Bonchev–Trinajstić information content (AvgIpc) is 2.53. The van der Waals surface area contributed by atoms with E-state index in [1.54, 1.807) is 18.2 Å². The van der Waals surface area contributed by atoms with Crippen molar-refractivity contribution in [3.63, 3.8) is 0 Å². The van der Waals surface area contributed by atoms with Gasteiger partial charge in [0.1, 0.15) is 0 Å². The van der Waals surface area contributed by atoms with Crippen LogP contribution in [0, 0.1) is 0 Å². The van der Waals surface area contributed by atoms with E-state index in [9.17, 15) is 15.0 Å². The SMILES string of the molecule is CCCOC(CCC)CC(=O)c1ccc2cc(O)c(O)cc2c1. The number of benzene rings is 2. The Kier molecular flexibility index (Phi) is 5.99.